The van der Waals surface area contributed by atoms with Gasteiger partial charge in [-0.25, -0.2) is 0 Å². The molecule has 21 nitrogen and oxygen atoms in total. The van der Waals surface area contributed by atoms with Crippen molar-refractivity contribution in [2.24, 2.45) is 0 Å². The molecule has 0 aliphatic carbocycles. The zero-order chi connectivity index (χ0) is 39.2. The van der Waals surface area contributed by atoms with E-state index in [9.17, 15) is 71.2 Å². The lowest BCUT2D eigenvalue weighted by atomic mass is 9.98. The van der Waals surface area contributed by atoms with Gasteiger partial charge in [0.2, 0.25) is 12.6 Å². The quantitative estimate of drug-likeness (QED) is 0.0918. The summed E-state index contributed by atoms with van der Waals surface area (Å²) in [6, 6.07) is 6.82. The number of benzene rings is 2. The summed E-state index contributed by atoms with van der Waals surface area (Å²) >= 11 is 0. The van der Waals surface area contributed by atoms with Crippen LogP contribution in [0.3, 0.4) is 0 Å². The number of hydrogen-bond acceptors (Lipinski definition) is 21. The van der Waals surface area contributed by atoms with Crippen molar-refractivity contribution >= 4 is 11.0 Å². The molecule has 54 heavy (non-hydrogen) atoms. The van der Waals surface area contributed by atoms with Crippen molar-refractivity contribution in [3.05, 3.63) is 46.6 Å². The second kappa shape index (κ2) is 16.2. The fourth-order valence-electron chi connectivity index (χ4n) is 6.19. The number of fused-ring (bicyclic) bond motifs is 1. The maximum atomic E-state index is 13.1. The van der Waals surface area contributed by atoms with Crippen molar-refractivity contribution in [1.82, 2.24) is 0 Å². The van der Waals surface area contributed by atoms with Gasteiger partial charge >= 0.3 is 0 Å². The lowest BCUT2D eigenvalue weighted by molar-refractivity contribution is -0.323. The van der Waals surface area contributed by atoms with E-state index in [1.54, 1.807) is 0 Å². The molecule has 15 unspecified atom stereocenters. The molecular formula is C33H40O21. The van der Waals surface area contributed by atoms with Crippen LogP contribution in [0.1, 0.15) is 0 Å². The molecular weight excluding hydrogens is 732 g/mol. The third-order valence-corrected chi connectivity index (χ3v) is 9.31. The molecule has 15 atom stereocenters. The van der Waals surface area contributed by atoms with Crippen LogP contribution in [-0.4, -0.2) is 178 Å². The summed E-state index contributed by atoms with van der Waals surface area (Å²) in [4.78, 5) is 13.1. The number of ether oxygens (including phenoxy) is 6. The number of aliphatic hydroxyl groups is 11. The molecule has 6 rings (SSSR count). The Labute approximate surface area is 303 Å². The van der Waals surface area contributed by atoms with Crippen LogP contribution in [-0.2, 0) is 18.9 Å². The Hall–Kier alpha value is -3.75. The highest BCUT2D eigenvalue weighted by atomic mass is 16.7. The first-order valence-electron chi connectivity index (χ1n) is 16.5. The van der Waals surface area contributed by atoms with Crippen LogP contribution in [0.15, 0.2) is 45.6 Å². The lowest BCUT2D eigenvalue weighted by Gasteiger charge is -2.42. The molecule has 0 saturated carbocycles. The summed E-state index contributed by atoms with van der Waals surface area (Å²) in [6.07, 6.45) is -24.8. The number of aliphatic hydroxyl groups excluding tert-OH is 11. The van der Waals surface area contributed by atoms with Crippen LogP contribution >= 0.6 is 0 Å². The monoisotopic (exact) mass is 772 g/mol. The first-order valence-corrected chi connectivity index (χ1v) is 16.5. The number of aromatic hydroxyl groups is 2. The fraction of sp³-hybridized carbons (Fsp3) is 0.545. The summed E-state index contributed by atoms with van der Waals surface area (Å²) in [7, 11) is 0. The molecule has 21 heteroatoms. The molecule has 3 aromatic rings. The highest BCUT2D eigenvalue weighted by Gasteiger charge is 2.48. The van der Waals surface area contributed by atoms with Crippen LogP contribution < -0.4 is 14.9 Å². The molecule has 2 aromatic carbocycles. The normalized spacial score (nSPS) is 37.3. The minimum Gasteiger partial charge on any atom is -0.507 e. The van der Waals surface area contributed by atoms with E-state index >= 15 is 0 Å². The van der Waals surface area contributed by atoms with Crippen molar-refractivity contribution in [2.75, 3.05) is 19.8 Å². The Balaban J connectivity index is 1.19. The van der Waals surface area contributed by atoms with E-state index in [-0.39, 0.29) is 33.8 Å². The van der Waals surface area contributed by atoms with Gasteiger partial charge in [-0.3, -0.25) is 4.79 Å². The molecule has 1 aromatic heterocycles. The van der Waals surface area contributed by atoms with Crippen molar-refractivity contribution < 1.29 is 99.2 Å². The standard InChI is InChI=1S/C33H40O21/c34-7-18-22(39)25(42)28(45)31(52-18)48-9-20-24(41)27(44)29(46)32(54-20)49-11-4-13(37)21-14(38)6-16(50-17(21)5-11)10-1-2-15(12(36)3-10)51-33-30(47)26(43)23(40)19(8-35)53-33/h1-6,18-20,22-37,39-47H,7-9H2. The molecule has 3 saturated heterocycles. The molecule has 0 amide bonds. The minimum absolute atomic E-state index is 0.115. The Morgan fingerprint density at radius 2 is 1.11 bits per heavy atom. The first-order chi connectivity index (χ1) is 25.6. The molecule has 3 aliphatic heterocycles. The van der Waals surface area contributed by atoms with Crippen LogP contribution in [0.25, 0.3) is 22.3 Å². The largest absolute Gasteiger partial charge is 0.507 e. The van der Waals surface area contributed by atoms with Crippen molar-refractivity contribution in [2.45, 2.75) is 92.1 Å². The van der Waals surface area contributed by atoms with Crippen LogP contribution in [0.5, 0.6) is 23.0 Å². The molecule has 3 aliphatic rings. The van der Waals surface area contributed by atoms with E-state index < -0.39 is 129 Å². The zero-order valence-electron chi connectivity index (χ0n) is 27.8. The van der Waals surface area contributed by atoms with Crippen LogP contribution in [0, 0.1) is 0 Å². The summed E-state index contributed by atoms with van der Waals surface area (Å²) in [5.41, 5.74) is -0.861. The number of rotatable bonds is 10. The van der Waals surface area contributed by atoms with E-state index in [1.807, 2.05) is 0 Å². The second-order valence-electron chi connectivity index (χ2n) is 13.0. The smallest absolute Gasteiger partial charge is 0.229 e. The van der Waals surface area contributed by atoms with Gasteiger partial charge in [-0.15, -0.1) is 0 Å². The molecule has 298 valence electrons. The predicted octanol–water partition coefficient (Wildman–Crippen LogP) is -4.95. The van der Waals surface area contributed by atoms with Gasteiger partial charge in [0.15, 0.2) is 23.2 Å². The average Bonchev–Trinajstić information content (AvgIpc) is 3.14. The maximum absolute atomic E-state index is 13.1. The van der Waals surface area contributed by atoms with E-state index in [1.165, 1.54) is 12.1 Å². The Bertz CT molecular complexity index is 1820. The Morgan fingerprint density at radius 3 is 1.70 bits per heavy atom. The van der Waals surface area contributed by atoms with Gasteiger partial charge in [0.25, 0.3) is 0 Å². The van der Waals surface area contributed by atoms with Crippen molar-refractivity contribution in [3.63, 3.8) is 0 Å². The fourth-order valence-corrected chi connectivity index (χ4v) is 6.19. The molecule has 13 N–H and O–H groups in total. The number of phenols is 2. The zero-order valence-corrected chi connectivity index (χ0v) is 27.8. The van der Waals surface area contributed by atoms with Gasteiger partial charge in [0, 0.05) is 23.8 Å². The third-order valence-electron chi connectivity index (χ3n) is 9.31. The Morgan fingerprint density at radius 1 is 0.574 bits per heavy atom. The highest BCUT2D eigenvalue weighted by Crippen LogP contribution is 2.37. The van der Waals surface area contributed by atoms with E-state index in [4.69, 9.17) is 32.8 Å². The summed E-state index contributed by atoms with van der Waals surface area (Å²) in [5, 5.41) is 132. The van der Waals surface area contributed by atoms with Crippen molar-refractivity contribution in [1.29, 1.82) is 0 Å². The van der Waals surface area contributed by atoms with Gasteiger partial charge in [-0.2, -0.15) is 0 Å². The number of phenolic OH excluding ortho intramolecular Hbond substituents is 2. The van der Waals surface area contributed by atoms with Gasteiger partial charge in [-0.1, -0.05) is 0 Å². The second-order valence-corrected chi connectivity index (χ2v) is 13.0. The van der Waals surface area contributed by atoms with Crippen molar-refractivity contribution in [3.8, 4) is 34.3 Å². The molecule has 3 fully saturated rings. The molecule has 0 bridgehead atoms. The predicted molar refractivity (Wildman–Crippen MR) is 173 cm³/mol. The van der Waals surface area contributed by atoms with Crippen LogP contribution in [0.2, 0.25) is 0 Å². The molecule has 0 spiro atoms. The maximum Gasteiger partial charge on any atom is 0.229 e. The minimum atomic E-state index is -1.88. The summed E-state index contributed by atoms with van der Waals surface area (Å²) in [6.45, 7) is -2.07. The van der Waals surface area contributed by atoms with Gasteiger partial charge in [-0.05, 0) is 18.2 Å². The summed E-state index contributed by atoms with van der Waals surface area (Å²) in [5.74, 6) is -1.80. The van der Waals surface area contributed by atoms with Gasteiger partial charge in [0.1, 0.15) is 101 Å². The third kappa shape index (κ3) is 7.70. The molecule has 4 heterocycles. The van der Waals surface area contributed by atoms with Gasteiger partial charge < -0.3 is 99.2 Å². The summed E-state index contributed by atoms with van der Waals surface area (Å²) < 4.78 is 38.5. The van der Waals surface area contributed by atoms with Crippen LogP contribution in [0.4, 0.5) is 0 Å². The highest BCUT2D eigenvalue weighted by molar-refractivity contribution is 5.86. The van der Waals surface area contributed by atoms with E-state index in [2.05, 4.69) is 0 Å². The molecule has 0 radical (unpaired) electrons. The topological polar surface area (TPSA) is 349 Å². The number of hydrogen-bond donors (Lipinski definition) is 13. The lowest BCUT2D eigenvalue weighted by Crippen LogP contribution is -2.62. The first kappa shape index (κ1) is 39.9. The van der Waals surface area contributed by atoms with E-state index in [0.29, 0.717) is 0 Å². The van der Waals surface area contributed by atoms with Gasteiger partial charge in [0.05, 0.1) is 19.8 Å². The average molecular weight is 773 g/mol. The Kier molecular flexibility index (Phi) is 11.9. The van der Waals surface area contributed by atoms with E-state index in [0.717, 1.165) is 24.3 Å². The SMILES string of the molecule is O=c1cc(-c2ccc(OC3OC(CO)C(O)C(O)C3O)c(O)c2)oc2cc(OC3OC(COC4OC(CO)C(O)C(O)C4O)C(O)C(O)C3O)cc(O)c12.